The zero-order valence-electron chi connectivity index (χ0n) is 14.4. The van der Waals surface area contributed by atoms with E-state index in [1.54, 1.807) is 18.2 Å². The number of carbonyl (C=O) groups excluding carboxylic acids is 1. The summed E-state index contributed by atoms with van der Waals surface area (Å²) in [6.45, 7) is 2.79. The third-order valence-electron chi connectivity index (χ3n) is 4.48. The van der Waals surface area contributed by atoms with Crippen molar-refractivity contribution in [3.05, 3.63) is 65.5 Å². The van der Waals surface area contributed by atoms with Gasteiger partial charge in [0.25, 0.3) is 0 Å². The van der Waals surface area contributed by atoms with Gasteiger partial charge in [0.05, 0.1) is 12.7 Å². The van der Waals surface area contributed by atoms with E-state index in [-0.39, 0.29) is 11.8 Å². The van der Waals surface area contributed by atoms with Crippen LogP contribution in [0.3, 0.4) is 0 Å². The SMILES string of the molecule is COC(=O)c1ccc(CN2CCC[C@@H](Nc3cccc(F)c3)C2)cc1. The fraction of sp³-hybridized carbons (Fsp3) is 0.350. The average molecular weight is 342 g/mol. The van der Waals surface area contributed by atoms with Crippen LogP contribution >= 0.6 is 0 Å². The summed E-state index contributed by atoms with van der Waals surface area (Å²) in [6, 6.07) is 14.5. The molecule has 0 spiro atoms. The average Bonchev–Trinajstić information content (AvgIpc) is 2.62. The maximum atomic E-state index is 13.3. The molecule has 0 bridgehead atoms. The second kappa shape index (κ2) is 8.12. The molecule has 2 aromatic carbocycles. The molecule has 0 saturated carbocycles. The molecule has 5 heteroatoms. The van der Waals surface area contributed by atoms with E-state index in [9.17, 15) is 9.18 Å². The lowest BCUT2D eigenvalue weighted by atomic mass is 10.0. The van der Waals surface area contributed by atoms with Gasteiger partial charge >= 0.3 is 5.97 Å². The Labute approximate surface area is 147 Å². The maximum absolute atomic E-state index is 13.3. The Balaban J connectivity index is 1.57. The molecule has 1 atom stereocenters. The van der Waals surface area contributed by atoms with Crippen LogP contribution in [0, 0.1) is 5.82 Å². The van der Waals surface area contributed by atoms with E-state index >= 15 is 0 Å². The van der Waals surface area contributed by atoms with Gasteiger partial charge in [-0.3, -0.25) is 4.90 Å². The predicted molar refractivity (Wildman–Crippen MR) is 96.1 cm³/mol. The van der Waals surface area contributed by atoms with Gasteiger partial charge in [0.2, 0.25) is 0 Å². The molecule has 2 aromatic rings. The van der Waals surface area contributed by atoms with E-state index in [1.165, 1.54) is 24.8 Å². The molecule has 0 amide bonds. The summed E-state index contributed by atoms with van der Waals surface area (Å²) in [6.07, 6.45) is 2.18. The fourth-order valence-corrected chi connectivity index (χ4v) is 3.25. The van der Waals surface area contributed by atoms with E-state index in [0.717, 1.165) is 38.2 Å². The van der Waals surface area contributed by atoms with Crippen molar-refractivity contribution in [1.29, 1.82) is 0 Å². The molecule has 3 rings (SSSR count). The number of anilines is 1. The van der Waals surface area contributed by atoms with E-state index in [0.29, 0.717) is 11.6 Å². The third-order valence-corrected chi connectivity index (χ3v) is 4.48. The van der Waals surface area contributed by atoms with E-state index in [4.69, 9.17) is 4.74 Å². The molecule has 0 aliphatic carbocycles. The van der Waals surface area contributed by atoms with Gasteiger partial charge < -0.3 is 10.1 Å². The van der Waals surface area contributed by atoms with Crippen LogP contribution in [0.5, 0.6) is 0 Å². The van der Waals surface area contributed by atoms with Crippen molar-refractivity contribution in [2.75, 3.05) is 25.5 Å². The zero-order valence-corrected chi connectivity index (χ0v) is 14.4. The second-order valence-electron chi connectivity index (χ2n) is 6.42. The first kappa shape index (κ1) is 17.4. The molecule has 1 saturated heterocycles. The number of nitrogens with zero attached hydrogens (tertiary/aromatic N) is 1. The Hall–Kier alpha value is -2.40. The molecule has 1 heterocycles. The molecule has 25 heavy (non-hydrogen) atoms. The van der Waals surface area contributed by atoms with Crippen LogP contribution in [0.15, 0.2) is 48.5 Å². The van der Waals surface area contributed by atoms with E-state index < -0.39 is 0 Å². The summed E-state index contributed by atoms with van der Waals surface area (Å²) in [7, 11) is 1.38. The maximum Gasteiger partial charge on any atom is 0.337 e. The van der Waals surface area contributed by atoms with Gasteiger partial charge in [0.1, 0.15) is 5.82 Å². The van der Waals surface area contributed by atoms with Crippen LogP contribution in [0.2, 0.25) is 0 Å². The van der Waals surface area contributed by atoms with Gasteiger partial charge in [-0.2, -0.15) is 0 Å². The molecule has 0 radical (unpaired) electrons. The summed E-state index contributed by atoms with van der Waals surface area (Å²) in [5.74, 6) is -0.535. The van der Waals surface area contributed by atoms with Crippen LogP contribution in [-0.2, 0) is 11.3 Å². The first-order valence-electron chi connectivity index (χ1n) is 8.56. The number of carbonyl (C=O) groups is 1. The number of hydrogen-bond donors (Lipinski definition) is 1. The normalized spacial score (nSPS) is 17.9. The summed E-state index contributed by atoms with van der Waals surface area (Å²) in [5.41, 5.74) is 2.56. The van der Waals surface area contributed by atoms with Crippen LogP contribution < -0.4 is 5.32 Å². The van der Waals surface area contributed by atoms with Crippen LogP contribution in [-0.4, -0.2) is 37.1 Å². The lowest BCUT2D eigenvalue weighted by molar-refractivity contribution is 0.0600. The van der Waals surface area contributed by atoms with Crippen molar-refractivity contribution < 1.29 is 13.9 Å². The van der Waals surface area contributed by atoms with Crippen LogP contribution in [0.1, 0.15) is 28.8 Å². The highest BCUT2D eigenvalue weighted by Gasteiger charge is 2.20. The van der Waals surface area contributed by atoms with Crippen LogP contribution in [0.4, 0.5) is 10.1 Å². The van der Waals surface area contributed by atoms with Crippen molar-refractivity contribution in [2.24, 2.45) is 0 Å². The molecule has 1 N–H and O–H groups in total. The van der Waals surface area contributed by atoms with Crippen molar-refractivity contribution >= 4 is 11.7 Å². The zero-order chi connectivity index (χ0) is 17.6. The van der Waals surface area contributed by atoms with Crippen molar-refractivity contribution in [3.8, 4) is 0 Å². The number of methoxy groups -OCH3 is 1. The molecular formula is C20H23FN2O2. The molecule has 1 fully saturated rings. The lowest BCUT2D eigenvalue weighted by Gasteiger charge is -2.33. The van der Waals surface area contributed by atoms with Gasteiger partial charge in [0, 0.05) is 24.8 Å². The third kappa shape index (κ3) is 4.79. The quantitative estimate of drug-likeness (QED) is 0.842. The standard InChI is InChI=1S/C20H23FN2O2/c1-25-20(24)16-9-7-15(8-10-16)13-23-11-3-6-19(14-23)22-18-5-2-4-17(21)12-18/h2,4-5,7-10,12,19,22H,3,6,11,13-14H2,1H3/t19-/m1/s1. The molecule has 0 unspecified atom stereocenters. The largest absolute Gasteiger partial charge is 0.465 e. The van der Waals surface area contributed by atoms with Gasteiger partial charge in [-0.1, -0.05) is 18.2 Å². The van der Waals surface area contributed by atoms with Gasteiger partial charge in [-0.05, 0) is 55.3 Å². The molecule has 4 nitrogen and oxygen atoms in total. The van der Waals surface area contributed by atoms with Gasteiger partial charge in [0.15, 0.2) is 0 Å². The number of likely N-dealkylation sites (tertiary alicyclic amines) is 1. The Morgan fingerprint density at radius 1 is 1.28 bits per heavy atom. The molecule has 132 valence electrons. The Morgan fingerprint density at radius 2 is 2.08 bits per heavy atom. The minimum absolute atomic E-state index is 0.219. The van der Waals surface area contributed by atoms with Gasteiger partial charge in [-0.15, -0.1) is 0 Å². The smallest absolute Gasteiger partial charge is 0.337 e. The van der Waals surface area contributed by atoms with Gasteiger partial charge in [-0.25, -0.2) is 9.18 Å². The second-order valence-corrected chi connectivity index (χ2v) is 6.42. The first-order chi connectivity index (χ1) is 12.1. The highest BCUT2D eigenvalue weighted by atomic mass is 19.1. The summed E-state index contributed by atoms with van der Waals surface area (Å²) in [5, 5.41) is 3.43. The van der Waals surface area contributed by atoms with Crippen LogP contribution in [0.25, 0.3) is 0 Å². The Morgan fingerprint density at radius 3 is 2.80 bits per heavy atom. The highest BCUT2D eigenvalue weighted by Crippen LogP contribution is 2.19. The number of halogens is 1. The number of benzene rings is 2. The monoisotopic (exact) mass is 342 g/mol. The topological polar surface area (TPSA) is 41.6 Å². The predicted octanol–water partition coefficient (Wildman–Crippen LogP) is 3.69. The minimum atomic E-state index is -0.316. The number of nitrogens with one attached hydrogen (secondary N) is 1. The Bertz CT molecular complexity index is 718. The summed E-state index contributed by atoms with van der Waals surface area (Å²) < 4.78 is 18.0. The first-order valence-corrected chi connectivity index (χ1v) is 8.56. The summed E-state index contributed by atoms with van der Waals surface area (Å²) >= 11 is 0. The fourth-order valence-electron chi connectivity index (χ4n) is 3.25. The number of rotatable bonds is 5. The molecular weight excluding hydrogens is 319 g/mol. The number of piperidine rings is 1. The van der Waals surface area contributed by atoms with Crippen molar-refractivity contribution in [2.45, 2.75) is 25.4 Å². The van der Waals surface area contributed by atoms with E-state index in [2.05, 4.69) is 10.2 Å². The Kier molecular flexibility index (Phi) is 5.66. The highest BCUT2D eigenvalue weighted by molar-refractivity contribution is 5.89. The number of hydrogen-bond acceptors (Lipinski definition) is 4. The lowest BCUT2D eigenvalue weighted by Crippen LogP contribution is -2.41. The molecule has 0 aromatic heterocycles. The minimum Gasteiger partial charge on any atom is -0.465 e. The number of ether oxygens (including phenoxy) is 1. The number of esters is 1. The van der Waals surface area contributed by atoms with Crippen molar-refractivity contribution in [3.63, 3.8) is 0 Å². The summed E-state index contributed by atoms with van der Waals surface area (Å²) in [4.78, 5) is 13.9. The molecule has 1 aliphatic rings. The van der Waals surface area contributed by atoms with E-state index in [1.807, 2.05) is 18.2 Å². The van der Waals surface area contributed by atoms with Crippen molar-refractivity contribution in [1.82, 2.24) is 4.90 Å². The molecule has 1 aliphatic heterocycles.